The van der Waals surface area contributed by atoms with Crippen molar-refractivity contribution in [3.63, 3.8) is 0 Å². The van der Waals surface area contributed by atoms with Crippen molar-refractivity contribution in [2.45, 2.75) is 0 Å². The molecule has 0 unspecified atom stereocenters. The van der Waals surface area contributed by atoms with Gasteiger partial charge in [-0.25, -0.2) is 8.42 Å². The van der Waals surface area contributed by atoms with Crippen molar-refractivity contribution in [2.75, 3.05) is 11.6 Å². The Morgan fingerprint density at radius 2 is 1.83 bits per heavy atom. The normalized spacial score (nSPS) is 11.2. The van der Waals surface area contributed by atoms with E-state index in [0.717, 1.165) is 10.2 Å². The van der Waals surface area contributed by atoms with Crippen LogP contribution in [-0.2, 0) is 10.0 Å². The standard InChI is InChI=1S/C12H12N2O3S/c1-18(16,17)14-8-7-10(9-14)12(15)13-11-5-3-2-4-6-11/h2-9H,1H3,(H,13,15). The van der Waals surface area contributed by atoms with E-state index in [4.69, 9.17) is 0 Å². The predicted octanol–water partition coefficient (Wildman–Crippen LogP) is 1.55. The molecule has 0 atom stereocenters. The Morgan fingerprint density at radius 1 is 1.17 bits per heavy atom. The van der Waals surface area contributed by atoms with Crippen LogP contribution in [0.3, 0.4) is 0 Å². The number of nitrogens with one attached hydrogen (secondary N) is 1. The lowest BCUT2D eigenvalue weighted by molar-refractivity contribution is 0.102. The third kappa shape index (κ3) is 2.78. The lowest BCUT2D eigenvalue weighted by Gasteiger charge is -2.02. The molecule has 5 nitrogen and oxygen atoms in total. The molecule has 2 rings (SSSR count). The van der Waals surface area contributed by atoms with Gasteiger partial charge in [0.05, 0.1) is 11.8 Å². The number of amides is 1. The molecule has 18 heavy (non-hydrogen) atoms. The summed E-state index contributed by atoms with van der Waals surface area (Å²) < 4.78 is 23.5. The summed E-state index contributed by atoms with van der Waals surface area (Å²) in [4.78, 5) is 11.8. The van der Waals surface area contributed by atoms with Crippen LogP contribution in [0.2, 0.25) is 0 Å². The zero-order valence-corrected chi connectivity index (χ0v) is 10.5. The average Bonchev–Trinajstić information content (AvgIpc) is 2.79. The average molecular weight is 264 g/mol. The van der Waals surface area contributed by atoms with Gasteiger partial charge < -0.3 is 5.32 Å². The number of rotatable bonds is 3. The Hall–Kier alpha value is -2.08. The molecule has 94 valence electrons. The van der Waals surface area contributed by atoms with Crippen molar-refractivity contribution in [1.29, 1.82) is 0 Å². The molecular weight excluding hydrogens is 252 g/mol. The second-order valence-electron chi connectivity index (χ2n) is 3.81. The van der Waals surface area contributed by atoms with Gasteiger partial charge in [-0.2, -0.15) is 0 Å². The van der Waals surface area contributed by atoms with E-state index in [9.17, 15) is 13.2 Å². The number of para-hydroxylation sites is 1. The molecule has 1 N–H and O–H groups in total. The topological polar surface area (TPSA) is 68.2 Å². The van der Waals surface area contributed by atoms with E-state index in [1.54, 1.807) is 24.3 Å². The molecule has 0 spiro atoms. The van der Waals surface area contributed by atoms with E-state index >= 15 is 0 Å². The SMILES string of the molecule is CS(=O)(=O)n1ccc(C(=O)Nc2ccccc2)c1. The quantitative estimate of drug-likeness (QED) is 0.914. The molecule has 0 aliphatic carbocycles. The maximum atomic E-state index is 11.8. The minimum absolute atomic E-state index is 0.296. The van der Waals surface area contributed by atoms with Crippen LogP contribution in [0, 0.1) is 0 Å². The molecule has 0 fully saturated rings. The van der Waals surface area contributed by atoms with Crippen LogP contribution in [0.25, 0.3) is 0 Å². The van der Waals surface area contributed by atoms with Crippen molar-refractivity contribution in [1.82, 2.24) is 3.97 Å². The molecule has 0 aliphatic rings. The summed E-state index contributed by atoms with van der Waals surface area (Å²) in [6.45, 7) is 0. The molecule has 2 aromatic rings. The number of benzene rings is 1. The van der Waals surface area contributed by atoms with Gasteiger partial charge in [0, 0.05) is 18.1 Å². The van der Waals surface area contributed by atoms with Gasteiger partial charge >= 0.3 is 0 Å². The molecule has 1 heterocycles. The number of nitrogens with zero attached hydrogens (tertiary/aromatic N) is 1. The summed E-state index contributed by atoms with van der Waals surface area (Å²) in [7, 11) is -3.35. The first-order chi connectivity index (χ1) is 8.47. The summed E-state index contributed by atoms with van der Waals surface area (Å²) in [5.74, 6) is -0.344. The minimum atomic E-state index is -3.35. The fourth-order valence-electron chi connectivity index (χ4n) is 1.44. The van der Waals surface area contributed by atoms with E-state index in [-0.39, 0.29) is 5.91 Å². The van der Waals surface area contributed by atoms with Crippen LogP contribution in [-0.4, -0.2) is 24.6 Å². The Labute approximate surface area is 105 Å². The molecule has 0 saturated heterocycles. The largest absolute Gasteiger partial charge is 0.322 e. The Kier molecular flexibility index (Phi) is 3.20. The highest BCUT2D eigenvalue weighted by Gasteiger charge is 2.11. The summed E-state index contributed by atoms with van der Waals surface area (Å²) in [6.07, 6.45) is 3.70. The second-order valence-corrected chi connectivity index (χ2v) is 5.70. The van der Waals surface area contributed by atoms with Gasteiger partial charge in [-0.05, 0) is 18.2 Å². The summed E-state index contributed by atoms with van der Waals surface area (Å²) in [5, 5.41) is 2.68. The summed E-state index contributed by atoms with van der Waals surface area (Å²) in [6, 6.07) is 10.4. The van der Waals surface area contributed by atoms with E-state index < -0.39 is 10.0 Å². The number of carbonyl (C=O) groups is 1. The molecule has 0 saturated carbocycles. The van der Waals surface area contributed by atoms with Crippen molar-refractivity contribution < 1.29 is 13.2 Å². The van der Waals surface area contributed by atoms with E-state index in [1.807, 2.05) is 6.07 Å². The maximum Gasteiger partial charge on any atom is 0.257 e. The second kappa shape index (κ2) is 4.66. The molecule has 1 amide bonds. The van der Waals surface area contributed by atoms with Gasteiger partial charge in [-0.1, -0.05) is 18.2 Å². The highest BCUT2D eigenvalue weighted by molar-refractivity contribution is 7.89. The van der Waals surface area contributed by atoms with E-state index in [0.29, 0.717) is 11.3 Å². The van der Waals surface area contributed by atoms with Gasteiger partial charge in [0.2, 0.25) is 10.0 Å². The Morgan fingerprint density at radius 3 is 2.39 bits per heavy atom. The third-order valence-corrected chi connectivity index (χ3v) is 3.34. The molecule has 1 aromatic heterocycles. The van der Waals surface area contributed by atoms with Crippen LogP contribution in [0.4, 0.5) is 5.69 Å². The van der Waals surface area contributed by atoms with Crippen LogP contribution in [0.1, 0.15) is 10.4 Å². The van der Waals surface area contributed by atoms with E-state index in [2.05, 4.69) is 5.32 Å². The lowest BCUT2D eigenvalue weighted by Crippen LogP contribution is -2.12. The molecular formula is C12H12N2O3S. The van der Waals surface area contributed by atoms with Gasteiger partial charge in [0.1, 0.15) is 0 Å². The third-order valence-electron chi connectivity index (χ3n) is 2.34. The van der Waals surface area contributed by atoms with Crippen LogP contribution in [0.5, 0.6) is 0 Å². The van der Waals surface area contributed by atoms with Crippen molar-refractivity contribution >= 4 is 21.6 Å². The number of hydrogen-bond acceptors (Lipinski definition) is 3. The first-order valence-electron chi connectivity index (χ1n) is 5.22. The Balaban J connectivity index is 2.18. The molecule has 0 radical (unpaired) electrons. The lowest BCUT2D eigenvalue weighted by atomic mass is 10.3. The number of aromatic nitrogens is 1. The zero-order chi connectivity index (χ0) is 13.2. The molecule has 0 aliphatic heterocycles. The fraction of sp³-hybridized carbons (Fsp3) is 0.0833. The molecule has 6 heteroatoms. The zero-order valence-electron chi connectivity index (χ0n) is 9.70. The van der Waals surface area contributed by atoms with Gasteiger partial charge in [0.15, 0.2) is 0 Å². The summed E-state index contributed by atoms with van der Waals surface area (Å²) in [5.41, 5.74) is 0.957. The highest BCUT2D eigenvalue weighted by atomic mass is 32.2. The number of anilines is 1. The predicted molar refractivity (Wildman–Crippen MR) is 69.1 cm³/mol. The van der Waals surface area contributed by atoms with Crippen molar-refractivity contribution in [2.24, 2.45) is 0 Å². The first-order valence-corrected chi connectivity index (χ1v) is 7.06. The van der Waals surface area contributed by atoms with E-state index in [1.165, 1.54) is 18.5 Å². The number of hydrogen-bond donors (Lipinski definition) is 1. The monoisotopic (exact) mass is 264 g/mol. The van der Waals surface area contributed by atoms with Crippen LogP contribution < -0.4 is 5.32 Å². The van der Waals surface area contributed by atoms with Crippen LogP contribution >= 0.6 is 0 Å². The number of carbonyl (C=O) groups excluding carboxylic acids is 1. The van der Waals surface area contributed by atoms with Crippen LogP contribution in [0.15, 0.2) is 48.8 Å². The smallest absolute Gasteiger partial charge is 0.257 e. The highest BCUT2D eigenvalue weighted by Crippen LogP contribution is 2.09. The maximum absolute atomic E-state index is 11.8. The van der Waals surface area contributed by atoms with Gasteiger partial charge in [0.25, 0.3) is 5.91 Å². The molecule has 0 bridgehead atoms. The van der Waals surface area contributed by atoms with Gasteiger partial charge in [-0.15, -0.1) is 0 Å². The van der Waals surface area contributed by atoms with Crippen molar-refractivity contribution in [3.05, 3.63) is 54.4 Å². The first kappa shape index (κ1) is 12.4. The minimum Gasteiger partial charge on any atom is -0.322 e. The Bertz CT molecular complexity index is 660. The van der Waals surface area contributed by atoms with Gasteiger partial charge in [-0.3, -0.25) is 8.77 Å². The van der Waals surface area contributed by atoms with Crippen molar-refractivity contribution in [3.8, 4) is 0 Å². The fourth-order valence-corrected chi connectivity index (χ4v) is 2.03. The molecule has 1 aromatic carbocycles. The summed E-state index contributed by atoms with van der Waals surface area (Å²) >= 11 is 0.